The average Bonchev–Trinajstić information content (AvgIpc) is 2.85. The molecule has 5 nitrogen and oxygen atoms in total. The van der Waals surface area contributed by atoms with Gasteiger partial charge >= 0.3 is 5.97 Å². The minimum absolute atomic E-state index is 0.0611. The van der Waals surface area contributed by atoms with Crippen molar-refractivity contribution >= 4 is 44.9 Å². The molecule has 3 aromatic carbocycles. The molecule has 0 aliphatic heterocycles. The molecular weight excluding hydrogens is 516 g/mol. The number of carbonyl (C=O) groups is 2. The van der Waals surface area contributed by atoms with Gasteiger partial charge < -0.3 is 15.7 Å². The van der Waals surface area contributed by atoms with Crippen molar-refractivity contribution < 1.29 is 14.7 Å². The van der Waals surface area contributed by atoms with Crippen molar-refractivity contribution in [3.05, 3.63) is 87.9 Å². The summed E-state index contributed by atoms with van der Waals surface area (Å²) in [4.78, 5) is 24.1. The third-order valence-electron chi connectivity index (χ3n) is 8.45. The highest BCUT2D eigenvalue weighted by Crippen LogP contribution is 2.61. The Kier molecular flexibility index (Phi) is 5.87. The number of halogens is 1. The number of para-hydroxylation sites is 1. The van der Waals surface area contributed by atoms with Gasteiger partial charge in [-0.1, -0.05) is 18.2 Å². The third-order valence-corrected chi connectivity index (χ3v) is 9.11. The van der Waals surface area contributed by atoms with Crippen LogP contribution in [0.5, 0.6) is 0 Å². The highest BCUT2D eigenvalue weighted by Gasteiger charge is 2.51. The van der Waals surface area contributed by atoms with E-state index in [2.05, 4.69) is 44.8 Å². The molecule has 36 heavy (non-hydrogen) atoms. The van der Waals surface area contributed by atoms with Crippen LogP contribution in [0.4, 0.5) is 17.1 Å². The van der Waals surface area contributed by atoms with Gasteiger partial charge in [0.25, 0.3) is 5.91 Å². The van der Waals surface area contributed by atoms with Crippen molar-refractivity contribution in [3.63, 3.8) is 0 Å². The quantitative estimate of drug-likeness (QED) is 0.298. The van der Waals surface area contributed by atoms with Crippen molar-refractivity contribution in [1.29, 1.82) is 0 Å². The van der Waals surface area contributed by atoms with Crippen LogP contribution in [0.15, 0.2) is 71.2 Å². The molecule has 0 unspecified atom stereocenters. The number of anilines is 3. The average molecular weight is 545 g/mol. The van der Waals surface area contributed by atoms with Crippen molar-refractivity contribution in [2.75, 3.05) is 10.6 Å². The number of carboxylic acids is 1. The Morgan fingerprint density at radius 3 is 2.08 bits per heavy atom. The van der Waals surface area contributed by atoms with Gasteiger partial charge in [-0.05, 0) is 132 Å². The van der Waals surface area contributed by atoms with Crippen LogP contribution in [-0.4, -0.2) is 17.0 Å². The van der Waals surface area contributed by atoms with Crippen molar-refractivity contribution in [2.45, 2.75) is 43.9 Å². The number of amides is 1. The normalized spacial score (nSPS) is 26.0. The molecule has 184 valence electrons. The zero-order valence-corrected chi connectivity index (χ0v) is 21.6. The fourth-order valence-corrected chi connectivity index (χ4v) is 7.72. The predicted molar refractivity (Wildman–Crippen MR) is 145 cm³/mol. The summed E-state index contributed by atoms with van der Waals surface area (Å²) in [5.41, 5.74) is 4.51. The maximum Gasteiger partial charge on any atom is 0.337 e. The summed E-state index contributed by atoms with van der Waals surface area (Å²) in [7, 11) is 0. The predicted octanol–water partition coefficient (Wildman–Crippen LogP) is 7.61. The Bertz CT molecular complexity index is 1300. The van der Waals surface area contributed by atoms with E-state index < -0.39 is 5.97 Å². The van der Waals surface area contributed by atoms with E-state index in [1.54, 1.807) is 30.3 Å². The van der Waals surface area contributed by atoms with Crippen molar-refractivity contribution in [3.8, 4) is 0 Å². The molecular formula is C30H29BrN2O3. The first-order valence-electron chi connectivity index (χ1n) is 12.7. The summed E-state index contributed by atoms with van der Waals surface area (Å²) in [6.45, 7) is 0. The number of rotatable bonds is 6. The maximum absolute atomic E-state index is 12.7. The van der Waals surface area contributed by atoms with E-state index in [-0.39, 0.29) is 17.2 Å². The molecule has 4 aliphatic carbocycles. The van der Waals surface area contributed by atoms with Crippen LogP contribution in [0, 0.1) is 17.8 Å². The minimum Gasteiger partial charge on any atom is -0.478 e. The number of aromatic carboxylic acids is 1. The highest BCUT2D eigenvalue weighted by atomic mass is 79.9. The molecule has 0 atom stereocenters. The zero-order chi connectivity index (χ0) is 24.9. The number of nitrogens with one attached hydrogen (secondary N) is 2. The van der Waals surface area contributed by atoms with E-state index in [1.807, 2.05) is 12.1 Å². The van der Waals surface area contributed by atoms with Crippen molar-refractivity contribution in [2.24, 2.45) is 17.8 Å². The zero-order valence-electron chi connectivity index (χ0n) is 20.0. The molecule has 3 aromatic rings. The molecule has 0 radical (unpaired) electrons. The Morgan fingerprint density at radius 2 is 1.47 bits per heavy atom. The first-order valence-corrected chi connectivity index (χ1v) is 13.5. The summed E-state index contributed by atoms with van der Waals surface area (Å²) in [5.74, 6) is 1.32. The molecule has 0 spiro atoms. The van der Waals surface area contributed by atoms with Crippen LogP contribution < -0.4 is 10.6 Å². The summed E-state index contributed by atoms with van der Waals surface area (Å²) in [6, 6.07) is 20.4. The molecule has 1 amide bonds. The molecule has 0 saturated heterocycles. The van der Waals surface area contributed by atoms with E-state index in [0.29, 0.717) is 11.0 Å². The highest BCUT2D eigenvalue weighted by molar-refractivity contribution is 9.10. The second-order valence-corrected chi connectivity index (χ2v) is 11.8. The number of carboxylic acid groups (broad SMARTS) is 1. The van der Waals surface area contributed by atoms with Gasteiger partial charge in [0.1, 0.15) is 0 Å². The van der Waals surface area contributed by atoms with E-state index in [4.69, 9.17) is 0 Å². The Labute approximate surface area is 219 Å². The topological polar surface area (TPSA) is 78.4 Å². The molecule has 4 saturated carbocycles. The summed E-state index contributed by atoms with van der Waals surface area (Å²) < 4.78 is 1.06. The van der Waals surface area contributed by atoms with Crippen LogP contribution in [0.3, 0.4) is 0 Å². The van der Waals surface area contributed by atoms with E-state index >= 15 is 0 Å². The fraction of sp³-hybridized carbons (Fsp3) is 0.333. The number of hydrogen-bond donors (Lipinski definition) is 3. The van der Waals surface area contributed by atoms with Gasteiger partial charge in [-0.2, -0.15) is 0 Å². The molecule has 6 heteroatoms. The number of benzene rings is 3. The van der Waals surface area contributed by atoms with Crippen LogP contribution in [0.1, 0.15) is 64.8 Å². The number of hydrogen-bond acceptors (Lipinski definition) is 3. The monoisotopic (exact) mass is 544 g/mol. The lowest BCUT2D eigenvalue weighted by Crippen LogP contribution is -2.48. The second kappa shape index (κ2) is 9.07. The molecule has 4 bridgehead atoms. The standard InChI is InChI=1S/C30H29BrN2O3/c31-25-14-22(30-15-18-11-19(16-30)13-20(12-18)17-30)7-10-27(25)32-23-8-5-21(6-9-23)28(34)33-26-4-2-1-3-24(26)29(35)36/h1-10,14,18-20,32H,11-13,15-17H2,(H,33,34)(H,35,36). The lowest BCUT2D eigenvalue weighted by atomic mass is 9.48. The molecule has 3 N–H and O–H groups in total. The van der Waals surface area contributed by atoms with E-state index in [9.17, 15) is 14.7 Å². The van der Waals surface area contributed by atoms with Gasteiger partial charge in [0, 0.05) is 15.7 Å². The lowest BCUT2D eigenvalue weighted by molar-refractivity contribution is -0.00520. The lowest BCUT2D eigenvalue weighted by Gasteiger charge is -2.57. The molecule has 4 aliphatic rings. The van der Waals surface area contributed by atoms with Crippen LogP contribution >= 0.6 is 15.9 Å². The maximum atomic E-state index is 12.7. The summed E-state index contributed by atoms with van der Waals surface area (Å²) in [5, 5.41) is 15.5. The van der Waals surface area contributed by atoms with Crippen LogP contribution in [-0.2, 0) is 5.41 Å². The largest absolute Gasteiger partial charge is 0.478 e. The minimum atomic E-state index is -1.08. The van der Waals surface area contributed by atoms with E-state index in [1.165, 1.54) is 50.2 Å². The van der Waals surface area contributed by atoms with E-state index in [0.717, 1.165) is 33.6 Å². The van der Waals surface area contributed by atoms with Crippen LogP contribution in [0.25, 0.3) is 0 Å². The fourth-order valence-electron chi connectivity index (χ4n) is 7.24. The summed E-state index contributed by atoms with van der Waals surface area (Å²) >= 11 is 3.80. The third kappa shape index (κ3) is 4.32. The van der Waals surface area contributed by atoms with Gasteiger partial charge in [0.05, 0.1) is 16.9 Å². The molecule has 7 rings (SSSR count). The first-order chi connectivity index (χ1) is 17.4. The van der Waals surface area contributed by atoms with Gasteiger partial charge in [0.2, 0.25) is 0 Å². The molecule has 0 heterocycles. The second-order valence-electron chi connectivity index (χ2n) is 10.9. The van der Waals surface area contributed by atoms with Gasteiger partial charge in [-0.15, -0.1) is 0 Å². The first kappa shape index (κ1) is 23.3. The molecule has 4 fully saturated rings. The van der Waals surface area contributed by atoms with Gasteiger partial charge in [-0.3, -0.25) is 4.79 Å². The smallest absolute Gasteiger partial charge is 0.337 e. The SMILES string of the molecule is O=C(Nc1ccccc1C(=O)O)c1ccc(Nc2ccc(C34CC5CC(CC(C5)C3)C4)cc2Br)cc1. The van der Waals surface area contributed by atoms with Gasteiger partial charge in [0.15, 0.2) is 0 Å². The Morgan fingerprint density at radius 1 is 0.833 bits per heavy atom. The number of carbonyl (C=O) groups excluding carboxylic acids is 1. The molecule has 0 aromatic heterocycles. The van der Waals surface area contributed by atoms with Crippen molar-refractivity contribution in [1.82, 2.24) is 0 Å². The Balaban J connectivity index is 1.15. The van der Waals surface area contributed by atoms with Gasteiger partial charge in [-0.25, -0.2) is 4.79 Å². The summed E-state index contributed by atoms with van der Waals surface area (Å²) in [6.07, 6.45) is 8.37. The van der Waals surface area contributed by atoms with Crippen LogP contribution in [0.2, 0.25) is 0 Å². The Hall–Kier alpha value is -3.12.